The zero-order valence-corrected chi connectivity index (χ0v) is 12.6. The van der Waals surface area contributed by atoms with Gasteiger partial charge < -0.3 is 0 Å². The molecule has 0 fully saturated rings. The van der Waals surface area contributed by atoms with Gasteiger partial charge in [0.1, 0.15) is 0 Å². The Bertz CT molecular complexity index is 445. The second-order valence-electron chi connectivity index (χ2n) is 3.37. The third kappa shape index (κ3) is 8.20. The van der Waals surface area contributed by atoms with Crippen molar-refractivity contribution in [1.29, 1.82) is 0 Å². The molecule has 0 heterocycles. The van der Waals surface area contributed by atoms with E-state index >= 15 is 0 Å². The fraction of sp³-hybridized carbons (Fsp3) is 0.333. The van der Waals surface area contributed by atoms with Gasteiger partial charge in [-0.1, -0.05) is 71.0 Å². The number of aryl methyl sites for hydroxylation is 1. The average molecular weight is 272 g/mol. The zero-order chi connectivity index (χ0) is 14.5. The molecule has 0 aliphatic carbocycles. The number of benzene rings is 2. The van der Waals surface area contributed by atoms with Gasteiger partial charge in [0, 0.05) is 0 Å². The summed E-state index contributed by atoms with van der Waals surface area (Å²) in [7, 11) is 0. The van der Waals surface area contributed by atoms with Crippen LogP contribution in [0.25, 0.3) is 0 Å². The van der Waals surface area contributed by atoms with Gasteiger partial charge in [-0.3, -0.25) is 0 Å². The second-order valence-corrected chi connectivity index (χ2v) is 3.37. The number of hydrogen-bond acceptors (Lipinski definition) is 2. The van der Waals surface area contributed by atoms with Crippen molar-refractivity contribution in [3.63, 3.8) is 0 Å². The van der Waals surface area contributed by atoms with Crippen LogP contribution in [0.15, 0.2) is 64.8 Å². The largest absolute Gasteiger partial charge is 0.151 e. The maximum atomic E-state index is 4.14. The molecule has 110 valence electrons. The number of rotatable bonds is 2. The Morgan fingerprint density at radius 1 is 0.600 bits per heavy atom. The molecule has 0 saturated carbocycles. The fourth-order valence-corrected chi connectivity index (χ4v) is 1.22. The average Bonchev–Trinajstić information content (AvgIpc) is 2.52. The Balaban J connectivity index is 0. The molecule has 0 unspecified atom stereocenters. The molecular formula is C18H28N2. The number of nitrogens with zero attached hydrogens (tertiary/aromatic N) is 2. The molecule has 20 heavy (non-hydrogen) atoms. The highest BCUT2D eigenvalue weighted by atomic mass is 15.1. The molecule has 2 heteroatoms. The summed E-state index contributed by atoms with van der Waals surface area (Å²) in [6.07, 6.45) is 0. The molecule has 0 amide bonds. The van der Waals surface area contributed by atoms with E-state index in [2.05, 4.69) is 17.2 Å². The van der Waals surface area contributed by atoms with Crippen molar-refractivity contribution in [2.24, 2.45) is 10.2 Å². The first-order valence-electron chi connectivity index (χ1n) is 6.88. The lowest BCUT2D eigenvalue weighted by molar-refractivity contribution is 1.23. The predicted octanol–water partition coefficient (Wildman–Crippen LogP) is 7.10. The molecule has 0 aliphatic rings. The third-order valence-corrected chi connectivity index (χ3v) is 2.07. The van der Waals surface area contributed by atoms with E-state index in [9.17, 15) is 0 Å². The Morgan fingerprint density at radius 2 is 1.00 bits per heavy atom. The van der Waals surface area contributed by atoms with Crippen molar-refractivity contribution in [3.8, 4) is 0 Å². The quantitative estimate of drug-likeness (QED) is 0.521. The van der Waals surface area contributed by atoms with E-state index in [1.165, 1.54) is 5.56 Å². The van der Waals surface area contributed by atoms with E-state index in [1.54, 1.807) is 0 Å². The van der Waals surface area contributed by atoms with Gasteiger partial charge in [-0.05, 0) is 31.2 Å². The van der Waals surface area contributed by atoms with E-state index in [-0.39, 0.29) is 7.43 Å². The second kappa shape index (κ2) is 13.5. The Morgan fingerprint density at radius 3 is 1.45 bits per heavy atom. The summed E-state index contributed by atoms with van der Waals surface area (Å²) >= 11 is 0. The van der Waals surface area contributed by atoms with Gasteiger partial charge in [0.25, 0.3) is 0 Å². The molecule has 0 spiro atoms. The molecule has 2 aromatic carbocycles. The SMILES string of the molecule is C.CC.CC.Cc1ccc(N=Nc2ccccc2)cc1. The maximum absolute atomic E-state index is 4.14. The van der Waals surface area contributed by atoms with Crippen LogP contribution in [0.3, 0.4) is 0 Å². The minimum atomic E-state index is 0. The first-order valence-corrected chi connectivity index (χ1v) is 6.88. The highest BCUT2D eigenvalue weighted by Crippen LogP contribution is 2.17. The van der Waals surface area contributed by atoms with Crippen LogP contribution in [-0.2, 0) is 0 Å². The first-order chi connectivity index (χ1) is 9.34. The van der Waals surface area contributed by atoms with Crippen molar-refractivity contribution < 1.29 is 0 Å². The van der Waals surface area contributed by atoms with Crippen LogP contribution in [0.5, 0.6) is 0 Å². The van der Waals surface area contributed by atoms with Gasteiger partial charge in [0.05, 0.1) is 11.4 Å². The molecule has 0 radical (unpaired) electrons. The predicted molar refractivity (Wildman–Crippen MR) is 91.2 cm³/mol. The van der Waals surface area contributed by atoms with Crippen LogP contribution in [0, 0.1) is 6.92 Å². The van der Waals surface area contributed by atoms with E-state index in [0.717, 1.165) is 11.4 Å². The summed E-state index contributed by atoms with van der Waals surface area (Å²) in [6, 6.07) is 17.7. The minimum Gasteiger partial charge on any atom is -0.151 e. The van der Waals surface area contributed by atoms with Gasteiger partial charge in [0.2, 0.25) is 0 Å². The Labute approximate surface area is 124 Å². The Kier molecular flexibility index (Phi) is 13.7. The fourth-order valence-electron chi connectivity index (χ4n) is 1.22. The molecule has 0 saturated heterocycles. The third-order valence-electron chi connectivity index (χ3n) is 2.07. The topological polar surface area (TPSA) is 24.7 Å². The molecule has 0 bridgehead atoms. The van der Waals surface area contributed by atoms with Gasteiger partial charge in [0.15, 0.2) is 0 Å². The van der Waals surface area contributed by atoms with Crippen LogP contribution < -0.4 is 0 Å². The summed E-state index contributed by atoms with van der Waals surface area (Å²) < 4.78 is 0. The standard InChI is InChI=1S/C13H12N2.2C2H6.CH4/c1-11-7-9-13(10-8-11)15-14-12-5-3-2-4-6-12;2*1-2;/h2-10H,1H3;2*1-2H3;1H4. The van der Waals surface area contributed by atoms with Gasteiger partial charge in [-0.25, -0.2) is 0 Å². The smallest absolute Gasteiger partial charge is 0.0857 e. The molecular weight excluding hydrogens is 244 g/mol. The molecule has 0 aromatic heterocycles. The summed E-state index contributed by atoms with van der Waals surface area (Å²) in [5.74, 6) is 0. The van der Waals surface area contributed by atoms with Crippen molar-refractivity contribution in [2.45, 2.75) is 42.0 Å². The van der Waals surface area contributed by atoms with Gasteiger partial charge in [-0.2, -0.15) is 10.2 Å². The minimum absolute atomic E-state index is 0. The van der Waals surface area contributed by atoms with Crippen LogP contribution in [0.2, 0.25) is 0 Å². The van der Waals surface area contributed by atoms with Crippen LogP contribution >= 0.6 is 0 Å². The summed E-state index contributed by atoms with van der Waals surface area (Å²) in [4.78, 5) is 0. The molecule has 2 aromatic rings. The highest BCUT2D eigenvalue weighted by molar-refractivity contribution is 5.40. The summed E-state index contributed by atoms with van der Waals surface area (Å²) in [5, 5.41) is 8.27. The Hall–Kier alpha value is -1.96. The highest BCUT2D eigenvalue weighted by Gasteiger charge is 1.89. The molecule has 0 N–H and O–H groups in total. The van der Waals surface area contributed by atoms with Gasteiger partial charge >= 0.3 is 0 Å². The molecule has 2 rings (SSSR count). The van der Waals surface area contributed by atoms with Crippen molar-refractivity contribution in [2.75, 3.05) is 0 Å². The van der Waals surface area contributed by atoms with Crippen LogP contribution in [0.4, 0.5) is 11.4 Å². The first kappa shape index (κ1) is 20.4. The van der Waals surface area contributed by atoms with Gasteiger partial charge in [-0.15, -0.1) is 0 Å². The van der Waals surface area contributed by atoms with E-state index in [4.69, 9.17) is 0 Å². The van der Waals surface area contributed by atoms with Crippen molar-refractivity contribution in [1.82, 2.24) is 0 Å². The number of hydrogen-bond donors (Lipinski definition) is 0. The van der Waals surface area contributed by atoms with E-state index in [1.807, 2.05) is 82.3 Å². The van der Waals surface area contributed by atoms with Crippen molar-refractivity contribution >= 4 is 11.4 Å². The summed E-state index contributed by atoms with van der Waals surface area (Å²) in [5.41, 5.74) is 2.98. The summed E-state index contributed by atoms with van der Waals surface area (Å²) in [6.45, 7) is 10.1. The zero-order valence-electron chi connectivity index (χ0n) is 12.6. The van der Waals surface area contributed by atoms with Crippen LogP contribution in [0.1, 0.15) is 40.7 Å². The normalized spacial score (nSPS) is 8.65. The van der Waals surface area contributed by atoms with E-state index in [0.29, 0.717) is 0 Å². The van der Waals surface area contributed by atoms with Crippen molar-refractivity contribution in [3.05, 3.63) is 60.2 Å². The monoisotopic (exact) mass is 272 g/mol. The van der Waals surface area contributed by atoms with E-state index < -0.39 is 0 Å². The lowest BCUT2D eigenvalue weighted by Crippen LogP contribution is -1.68. The number of azo groups is 1. The molecule has 0 atom stereocenters. The maximum Gasteiger partial charge on any atom is 0.0857 e. The molecule has 2 nitrogen and oxygen atoms in total. The lowest BCUT2D eigenvalue weighted by Gasteiger charge is -1.93. The molecule has 0 aliphatic heterocycles. The lowest BCUT2D eigenvalue weighted by atomic mass is 10.2. The van der Waals surface area contributed by atoms with Crippen LogP contribution in [-0.4, -0.2) is 0 Å².